The van der Waals surface area contributed by atoms with Crippen LogP contribution in [-0.2, 0) is 17.5 Å². The van der Waals surface area contributed by atoms with Crippen LogP contribution in [0.25, 0.3) is 0 Å². The maximum atomic E-state index is 14.6. The molecule has 2 fully saturated rings. The summed E-state index contributed by atoms with van der Waals surface area (Å²) in [4.78, 5) is 26.5. The van der Waals surface area contributed by atoms with Crippen molar-refractivity contribution in [3.63, 3.8) is 0 Å². The van der Waals surface area contributed by atoms with Gasteiger partial charge in [0, 0.05) is 18.7 Å². The molecule has 42 heavy (non-hydrogen) atoms. The molecule has 222 valence electrons. The first-order valence-corrected chi connectivity index (χ1v) is 13.1. The van der Waals surface area contributed by atoms with Crippen LogP contribution >= 0.6 is 0 Å². The number of amides is 2. The molecular weight excluding hydrogens is 566 g/mol. The van der Waals surface area contributed by atoms with Crippen molar-refractivity contribution in [1.82, 2.24) is 20.2 Å². The third-order valence-corrected chi connectivity index (χ3v) is 7.76. The summed E-state index contributed by atoms with van der Waals surface area (Å²) in [6, 6.07) is 9.04. The van der Waals surface area contributed by atoms with Crippen LogP contribution in [-0.4, -0.2) is 57.6 Å². The first-order chi connectivity index (χ1) is 19.6. The number of fused-ring (bicyclic) bond motifs is 1. The maximum absolute atomic E-state index is 14.6. The van der Waals surface area contributed by atoms with Crippen LogP contribution in [0.15, 0.2) is 59.9 Å². The summed E-state index contributed by atoms with van der Waals surface area (Å²) in [5.41, 5.74) is 3.87. The number of carbonyl (C=O) groups excluding carboxylic acids is 2. The summed E-state index contributed by atoms with van der Waals surface area (Å²) in [5, 5.41) is 14.2. The van der Waals surface area contributed by atoms with E-state index in [0.717, 1.165) is 17.1 Å². The van der Waals surface area contributed by atoms with Crippen molar-refractivity contribution >= 4 is 11.8 Å². The molecule has 2 unspecified atom stereocenters. The fraction of sp³-hybridized carbons (Fsp3) is 0.393. The minimum Gasteiger partial charge on any atom is -0.366 e. The SMILES string of the molecule is CC(c1ccc(C(=O)NC2(C#N)CC2)cc1)N1C(C(F)(F)F)C(C(N)=O)=C2N(Cc3cccc(C(F)(F)F)c3)CCN21. The lowest BCUT2D eigenvalue weighted by Crippen LogP contribution is -2.51. The zero-order valence-corrected chi connectivity index (χ0v) is 22.3. The molecule has 1 saturated heterocycles. The lowest BCUT2D eigenvalue weighted by Gasteiger charge is -2.38. The van der Waals surface area contributed by atoms with Gasteiger partial charge in [-0.05, 0) is 55.2 Å². The molecule has 2 atom stereocenters. The van der Waals surface area contributed by atoms with Gasteiger partial charge in [0.25, 0.3) is 5.91 Å². The largest absolute Gasteiger partial charge is 0.416 e. The zero-order chi connectivity index (χ0) is 30.6. The lowest BCUT2D eigenvalue weighted by atomic mass is 10.0. The Bertz CT molecular complexity index is 1480. The first kappa shape index (κ1) is 29.2. The van der Waals surface area contributed by atoms with Crippen molar-refractivity contribution in [2.24, 2.45) is 5.73 Å². The smallest absolute Gasteiger partial charge is 0.366 e. The molecule has 2 aliphatic heterocycles. The molecule has 1 aliphatic carbocycles. The highest BCUT2D eigenvalue weighted by Crippen LogP contribution is 2.46. The van der Waals surface area contributed by atoms with Gasteiger partial charge in [-0.15, -0.1) is 0 Å². The summed E-state index contributed by atoms with van der Waals surface area (Å²) in [5.74, 6) is -1.87. The number of nitrogens with two attached hydrogens (primary N) is 1. The third-order valence-electron chi connectivity index (χ3n) is 7.76. The number of alkyl halides is 6. The van der Waals surface area contributed by atoms with E-state index in [0.29, 0.717) is 18.4 Å². The van der Waals surface area contributed by atoms with Gasteiger partial charge < -0.3 is 16.0 Å². The number of benzene rings is 2. The number of hydrogen-bond acceptors (Lipinski definition) is 6. The number of hydrogen-bond donors (Lipinski definition) is 2. The Hall–Kier alpha value is -4.25. The highest BCUT2D eigenvalue weighted by atomic mass is 19.4. The van der Waals surface area contributed by atoms with Gasteiger partial charge in [0.15, 0.2) is 6.04 Å². The fourth-order valence-electron chi connectivity index (χ4n) is 5.48. The van der Waals surface area contributed by atoms with Crippen molar-refractivity contribution in [3.8, 4) is 6.07 Å². The second kappa shape index (κ2) is 10.2. The Morgan fingerprint density at radius 3 is 2.31 bits per heavy atom. The number of carbonyl (C=O) groups is 2. The maximum Gasteiger partial charge on any atom is 0.416 e. The van der Waals surface area contributed by atoms with E-state index in [-0.39, 0.29) is 36.6 Å². The number of rotatable bonds is 7. The number of halogens is 6. The van der Waals surface area contributed by atoms with Crippen LogP contribution < -0.4 is 11.1 Å². The predicted octanol–water partition coefficient (Wildman–Crippen LogP) is 4.23. The van der Waals surface area contributed by atoms with Crippen LogP contribution in [0.3, 0.4) is 0 Å². The van der Waals surface area contributed by atoms with E-state index in [1.807, 2.05) is 0 Å². The molecule has 8 nitrogen and oxygen atoms in total. The number of nitrogens with zero attached hydrogens (tertiary/aromatic N) is 4. The molecule has 2 amide bonds. The van der Waals surface area contributed by atoms with Crippen LogP contribution in [0.2, 0.25) is 0 Å². The van der Waals surface area contributed by atoms with Gasteiger partial charge in [-0.2, -0.15) is 36.6 Å². The number of nitrogens with one attached hydrogen (secondary N) is 1. The Morgan fingerprint density at radius 2 is 1.76 bits per heavy atom. The Morgan fingerprint density at radius 1 is 1.10 bits per heavy atom. The molecule has 2 aromatic carbocycles. The topological polar surface area (TPSA) is 106 Å². The number of primary amides is 1. The summed E-state index contributed by atoms with van der Waals surface area (Å²) in [7, 11) is 0. The summed E-state index contributed by atoms with van der Waals surface area (Å²) >= 11 is 0. The molecule has 3 aliphatic rings. The monoisotopic (exact) mass is 592 g/mol. The quantitative estimate of drug-likeness (QED) is 0.467. The van der Waals surface area contributed by atoms with E-state index >= 15 is 0 Å². The lowest BCUT2D eigenvalue weighted by molar-refractivity contribution is -0.204. The van der Waals surface area contributed by atoms with E-state index in [4.69, 9.17) is 5.73 Å². The summed E-state index contributed by atoms with van der Waals surface area (Å²) in [6.07, 6.45) is -8.45. The summed E-state index contributed by atoms with van der Waals surface area (Å²) in [6.45, 7) is 1.50. The first-order valence-electron chi connectivity index (χ1n) is 13.1. The van der Waals surface area contributed by atoms with E-state index in [1.165, 1.54) is 53.2 Å². The second-order valence-electron chi connectivity index (χ2n) is 10.6. The van der Waals surface area contributed by atoms with Gasteiger partial charge >= 0.3 is 12.4 Å². The molecule has 2 heterocycles. The molecule has 0 aromatic heterocycles. The highest BCUT2D eigenvalue weighted by Gasteiger charge is 2.59. The van der Waals surface area contributed by atoms with E-state index in [1.54, 1.807) is 0 Å². The second-order valence-corrected chi connectivity index (χ2v) is 10.6. The predicted molar refractivity (Wildman–Crippen MR) is 136 cm³/mol. The molecule has 2 aromatic rings. The van der Waals surface area contributed by atoms with Crippen LogP contribution in [0.4, 0.5) is 26.3 Å². The van der Waals surface area contributed by atoms with Crippen molar-refractivity contribution < 1.29 is 35.9 Å². The molecule has 0 bridgehead atoms. The normalized spacial score (nSPS) is 20.8. The van der Waals surface area contributed by atoms with Gasteiger partial charge in [0.2, 0.25) is 5.91 Å². The number of nitriles is 1. The Balaban J connectivity index is 1.44. The van der Waals surface area contributed by atoms with Gasteiger partial charge in [0.05, 0.1) is 29.8 Å². The van der Waals surface area contributed by atoms with Gasteiger partial charge in [-0.3, -0.25) is 14.6 Å². The van der Waals surface area contributed by atoms with Crippen molar-refractivity contribution in [2.45, 2.75) is 56.3 Å². The Labute approximate surface area is 236 Å². The minimum absolute atomic E-state index is 0.0265. The average molecular weight is 593 g/mol. The molecule has 0 radical (unpaired) electrons. The van der Waals surface area contributed by atoms with Crippen LogP contribution in [0.1, 0.15) is 52.9 Å². The highest BCUT2D eigenvalue weighted by molar-refractivity contribution is 5.95. The van der Waals surface area contributed by atoms with E-state index in [9.17, 15) is 41.2 Å². The van der Waals surface area contributed by atoms with E-state index < -0.39 is 52.9 Å². The fourth-order valence-corrected chi connectivity index (χ4v) is 5.48. The molecule has 14 heteroatoms. The molecule has 1 saturated carbocycles. The zero-order valence-electron chi connectivity index (χ0n) is 22.3. The summed E-state index contributed by atoms with van der Waals surface area (Å²) < 4.78 is 83.5. The standard InChI is InChI=1S/C28H26F6N6O2/c1-16(18-5-7-19(8-6-18)24(42)37-26(15-35)9-10-26)40-22(28(32,33)34)21(23(36)41)25-38(11-12-39(25)40)14-17-3-2-4-20(13-17)27(29,30)31/h2-8,13,16,22H,9-12,14H2,1H3,(H2,36,41)(H,37,42). The van der Waals surface area contributed by atoms with E-state index in [2.05, 4.69) is 11.4 Å². The van der Waals surface area contributed by atoms with Crippen molar-refractivity contribution in [2.75, 3.05) is 13.1 Å². The molecule has 3 N–H and O–H groups in total. The Kier molecular flexibility index (Phi) is 7.13. The van der Waals surface area contributed by atoms with Gasteiger partial charge in [-0.25, -0.2) is 0 Å². The van der Waals surface area contributed by atoms with Crippen molar-refractivity contribution in [3.05, 3.63) is 82.2 Å². The van der Waals surface area contributed by atoms with Gasteiger partial charge in [-0.1, -0.05) is 24.3 Å². The van der Waals surface area contributed by atoms with Crippen LogP contribution in [0, 0.1) is 11.3 Å². The third kappa shape index (κ3) is 5.36. The van der Waals surface area contributed by atoms with Gasteiger partial charge in [0.1, 0.15) is 11.4 Å². The van der Waals surface area contributed by atoms with Crippen LogP contribution in [0.5, 0.6) is 0 Å². The minimum atomic E-state index is -4.92. The average Bonchev–Trinajstić information content (AvgIpc) is 3.44. The molecular formula is C28H26F6N6O2. The molecule has 0 spiro atoms. The van der Waals surface area contributed by atoms with Crippen molar-refractivity contribution in [1.29, 1.82) is 5.26 Å². The number of hydrazine groups is 1. The molecule has 5 rings (SSSR count).